The summed E-state index contributed by atoms with van der Waals surface area (Å²) in [6, 6.07) is 7.27. The largest absolute Gasteiger partial charge is 0.497 e. The van der Waals surface area contributed by atoms with Gasteiger partial charge < -0.3 is 13.9 Å². The zero-order valence-electron chi connectivity index (χ0n) is 14.4. The van der Waals surface area contributed by atoms with Crippen LogP contribution in [0.5, 0.6) is 11.5 Å². The van der Waals surface area contributed by atoms with Crippen molar-refractivity contribution in [3.63, 3.8) is 0 Å². The topological polar surface area (TPSA) is 90.7 Å². The number of amides is 2. The maximum absolute atomic E-state index is 11.7. The molecule has 27 heavy (non-hydrogen) atoms. The number of hydrogen-bond acceptors (Lipinski definition) is 7. The summed E-state index contributed by atoms with van der Waals surface area (Å²) >= 11 is 0.842. The van der Waals surface area contributed by atoms with Gasteiger partial charge in [-0.1, -0.05) is 0 Å². The fourth-order valence-electron chi connectivity index (χ4n) is 2.77. The van der Waals surface area contributed by atoms with Crippen LogP contribution in [-0.2, 0) is 4.79 Å². The minimum atomic E-state index is -0.429. The second-order valence-corrected chi connectivity index (χ2v) is 6.72. The van der Waals surface area contributed by atoms with Crippen LogP contribution in [0.4, 0.5) is 4.79 Å². The van der Waals surface area contributed by atoms with E-state index >= 15 is 0 Å². The molecule has 1 aliphatic rings. The zero-order chi connectivity index (χ0) is 19.0. The maximum Gasteiger partial charge on any atom is 0.290 e. The third-order valence-corrected chi connectivity index (χ3v) is 4.83. The smallest absolute Gasteiger partial charge is 0.290 e. The molecule has 1 fully saturated rings. The Bertz CT molecular complexity index is 1080. The number of pyridine rings is 1. The van der Waals surface area contributed by atoms with Gasteiger partial charge in [-0.2, -0.15) is 0 Å². The fourth-order valence-corrected chi connectivity index (χ4v) is 3.43. The Morgan fingerprint density at radius 1 is 1.07 bits per heavy atom. The number of nitrogens with zero attached hydrogens (tertiary/aromatic N) is 1. The quantitative estimate of drug-likeness (QED) is 0.686. The summed E-state index contributed by atoms with van der Waals surface area (Å²) in [4.78, 5) is 27.6. The molecule has 2 amide bonds. The van der Waals surface area contributed by atoms with Gasteiger partial charge in [0, 0.05) is 35.5 Å². The van der Waals surface area contributed by atoms with Crippen LogP contribution in [0.15, 0.2) is 46.0 Å². The van der Waals surface area contributed by atoms with Crippen LogP contribution >= 0.6 is 11.8 Å². The van der Waals surface area contributed by atoms with Crippen LogP contribution in [0.1, 0.15) is 5.76 Å². The van der Waals surface area contributed by atoms with Gasteiger partial charge in [-0.15, -0.1) is 0 Å². The van der Waals surface area contributed by atoms with E-state index in [-0.39, 0.29) is 4.91 Å². The first kappa shape index (κ1) is 17.2. The predicted octanol–water partition coefficient (Wildman–Crippen LogP) is 3.84. The molecular formula is C19H14N2O5S. The van der Waals surface area contributed by atoms with Gasteiger partial charge in [0.2, 0.25) is 0 Å². The van der Waals surface area contributed by atoms with E-state index in [0.29, 0.717) is 22.8 Å². The zero-order valence-corrected chi connectivity index (χ0v) is 15.3. The molecule has 4 rings (SSSR count). The summed E-state index contributed by atoms with van der Waals surface area (Å²) < 4.78 is 16.6. The number of nitrogens with one attached hydrogen (secondary N) is 1. The second kappa shape index (κ2) is 6.81. The van der Waals surface area contributed by atoms with Crippen LogP contribution < -0.4 is 14.8 Å². The molecule has 8 heteroatoms. The number of aromatic nitrogens is 1. The van der Waals surface area contributed by atoms with Crippen LogP contribution in [0.25, 0.3) is 28.2 Å². The second-order valence-electron chi connectivity index (χ2n) is 5.71. The summed E-state index contributed by atoms with van der Waals surface area (Å²) in [5, 5.41) is 2.60. The lowest BCUT2D eigenvalue weighted by molar-refractivity contribution is -0.115. The molecule has 0 spiro atoms. The third-order valence-electron chi connectivity index (χ3n) is 4.02. The van der Waals surface area contributed by atoms with Crippen molar-refractivity contribution in [3.05, 3.63) is 47.3 Å². The molecule has 0 saturated carbocycles. The Kier molecular flexibility index (Phi) is 4.33. The Labute approximate surface area is 158 Å². The minimum Gasteiger partial charge on any atom is -0.497 e. The summed E-state index contributed by atoms with van der Waals surface area (Å²) in [6.45, 7) is 0. The molecule has 3 aromatic rings. The number of ether oxygens (including phenoxy) is 2. The summed E-state index contributed by atoms with van der Waals surface area (Å²) in [5.74, 6) is 1.32. The van der Waals surface area contributed by atoms with Gasteiger partial charge >= 0.3 is 0 Å². The molecule has 1 saturated heterocycles. The number of furan rings is 1. The highest BCUT2D eigenvalue weighted by molar-refractivity contribution is 8.18. The molecular weight excluding hydrogens is 368 g/mol. The number of carbonyl (C=O) groups is 2. The van der Waals surface area contributed by atoms with Crippen molar-refractivity contribution in [2.45, 2.75) is 0 Å². The maximum atomic E-state index is 11.7. The molecule has 1 N–H and O–H groups in total. The Hall–Kier alpha value is -3.26. The minimum absolute atomic E-state index is 0.289. The van der Waals surface area contributed by atoms with Crippen molar-refractivity contribution in [2.24, 2.45) is 0 Å². The molecule has 7 nitrogen and oxygen atoms in total. The molecule has 3 heterocycles. The third kappa shape index (κ3) is 3.26. The fraction of sp³-hybridized carbons (Fsp3) is 0.105. The van der Waals surface area contributed by atoms with Gasteiger partial charge in [0.05, 0.1) is 19.1 Å². The van der Waals surface area contributed by atoms with Crippen LogP contribution in [-0.4, -0.2) is 30.3 Å². The van der Waals surface area contributed by atoms with Crippen LogP contribution in [0, 0.1) is 0 Å². The van der Waals surface area contributed by atoms with E-state index < -0.39 is 11.1 Å². The molecule has 0 unspecified atom stereocenters. The molecule has 2 aromatic heterocycles. The van der Waals surface area contributed by atoms with E-state index in [4.69, 9.17) is 13.9 Å². The van der Waals surface area contributed by atoms with Gasteiger partial charge in [-0.25, -0.2) is 0 Å². The number of carbonyl (C=O) groups excluding carboxylic acids is 2. The highest BCUT2D eigenvalue weighted by atomic mass is 32.2. The Morgan fingerprint density at radius 2 is 1.81 bits per heavy atom. The Balaban J connectivity index is 1.82. The first-order valence-electron chi connectivity index (χ1n) is 7.93. The molecule has 0 aliphatic carbocycles. The average Bonchev–Trinajstić information content (AvgIpc) is 3.22. The number of hydrogen-bond donors (Lipinski definition) is 1. The standard InChI is InChI=1S/C19H14N2O5S/c1-24-12-3-10(4-13(6-12)25-2)15-9-20-8-11-5-14(26-17(11)15)7-16-18(22)21-19(23)27-16/h3-9H,1-2H3,(H,21,22,23). The summed E-state index contributed by atoms with van der Waals surface area (Å²) in [7, 11) is 3.17. The first-order chi connectivity index (χ1) is 13.1. The lowest BCUT2D eigenvalue weighted by atomic mass is 10.1. The highest BCUT2D eigenvalue weighted by Crippen LogP contribution is 2.35. The number of benzene rings is 1. The SMILES string of the molecule is COc1cc(OC)cc(-c2cncc3cc(C=C4SC(=O)NC4=O)oc23)c1. The highest BCUT2D eigenvalue weighted by Gasteiger charge is 2.25. The molecule has 136 valence electrons. The molecule has 0 bridgehead atoms. The van der Waals surface area contributed by atoms with Crippen molar-refractivity contribution in [1.82, 2.24) is 10.3 Å². The van der Waals surface area contributed by atoms with Gasteiger partial charge in [-0.3, -0.25) is 19.9 Å². The monoisotopic (exact) mass is 382 g/mol. The molecule has 1 aliphatic heterocycles. The van der Waals surface area contributed by atoms with E-state index in [1.807, 2.05) is 12.1 Å². The van der Waals surface area contributed by atoms with E-state index in [9.17, 15) is 9.59 Å². The summed E-state index contributed by atoms with van der Waals surface area (Å²) in [6.07, 6.45) is 4.91. The lowest BCUT2D eigenvalue weighted by Crippen LogP contribution is -2.17. The van der Waals surface area contributed by atoms with E-state index in [0.717, 1.165) is 28.3 Å². The summed E-state index contributed by atoms with van der Waals surface area (Å²) in [5.41, 5.74) is 2.19. The van der Waals surface area contributed by atoms with Crippen molar-refractivity contribution < 1.29 is 23.5 Å². The van der Waals surface area contributed by atoms with Crippen LogP contribution in [0.3, 0.4) is 0 Å². The number of imide groups is 1. The number of rotatable bonds is 4. The van der Waals surface area contributed by atoms with E-state index in [1.165, 1.54) is 0 Å². The van der Waals surface area contributed by atoms with Gasteiger partial charge in [-0.05, 0) is 35.5 Å². The number of thioether (sulfide) groups is 1. The Morgan fingerprint density at radius 3 is 2.44 bits per heavy atom. The van der Waals surface area contributed by atoms with E-state index in [1.54, 1.807) is 44.8 Å². The molecule has 0 radical (unpaired) electrons. The molecule has 0 atom stereocenters. The van der Waals surface area contributed by atoms with Crippen molar-refractivity contribution in [2.75, 3.05) is 14.2 Å². The van der Waals surface area contributed by atoms with Crippen molar-refractivity contribution >= 4 is 40.0 Å². The number of fused-ring (bicyclic) bond motifs is 1. The van der Waals surface area contributed by atoms with E-state index in [2.05, 4.69) is 10.3 Å². The first-order valence-corrected chi connectivity index (χ1v) is 8.75. The van der Waals surface area contributed by atoms with Crippen LogP contribution in [0.2, 0.25) is 0 Å². The van der Waals surface area contributed by atoms with Gasteiger partial charge in [0.15, 0.2) is 0 Å². The predicted molar refractivity (Wildman–Crippen MR) is 102 cm³/mol. The van der Waals surface area contributed by atoms with Crippen molar-refractivity contribution in [3.8, 4) is 22.6 Å². The normalized spacial score (nSPS) is 15.4. The molecule has 1 aromatic carbocycles. The van der Waals surface area contributed by atoms with Gasteiger partial charge in [0.25, 0.3) is 11.1 Å². The van der Waals surface area contributed by atoms with Gasteiger partial charge in [0.1, 0.15) is 22.8 Å². The average molecular weight is 382 g/mol. The van der Waals surface area contributed by atoms with Crippen molar-refractivity contribution in [1.29, 1.82) is 0 Å². The lowest BCUT2D eigenvalue weighted by Gasteiger charge is -2.08. The number of methoxy groups -OCH3 is 2.